The molecule has 0 spiro atoms. The largest absolute Gasteiger partial charge is 0.496 e. The van der Waals surface area contributed by atoms with Crippen LogP contribution in [0.5, 0.6) is 28.7 Å². The second kappa shape index (κ2) is 12.4. The monoisotopic (exact) mass is 601 g/mol. The predicted octanol–water partition coefficient (Wildman–Crippen LogP) is 5.30. The van der Waals surface area contributed by atoms with Crippen LogP contribution in [0.3, 0.4) is 0 Å². The lowest BCUT2D eigenvalue weighted by Gasteiger charge is -2.13. The van der Waals surface area contributed by atoms with Crippen LogP contribution in [0.1, 0.15) is 26.4 Å². The van der Waals surface area contributed by atoms with Gasteiger partial charge in [0.1, 0.15) is 22.5 Å². The molecule has 0 aliphatic heterocycles. The van der Waals surface area contributed by atoms with Crippen LogP contribution in [0.2, 0.25) is 0 Å². The van der Waals surface area contributed by atoms with Crippen LogP contribution in [-0.2, 0) is 17.7 Å². The number of rotatable bonds is 11. The van der Waals surface area contributed by atoms with Gasteiger partial charge in [-0.1, -0.05) is 12.1 Å². The molecule has 11 heteroatoms. The lowest BCUT2D eigenvalue weighted by Crippen LogP contribution is -2.16. The normalized spacial score (nSPS) is 11.0. The Hall–Kier alpha value is -5.45. The third-order valence-corrected chi connectivity index (χ3v) is 7.51. The van der Waals surface area contributed by atoms with Gasteiger partial charge in [-0.2, -0.15) is 0 Å². The first kappa shape index (κ1) is 30.0. The lowest BCUT2D eigenvalue weighted by atomic mass is 9.97. The average molecular weight is 602 g/mol. The third kappa shape index (κ3) is 5.06. The van der Waals surface area contributed by atoms with Crippen molar-refractivity contribution in [2.24, 2.45) is 0 Å². The summed E-state index contributed by atoms with van der Waals surface area (Å²) in [6.07, 6.45) is 1.07. The van der Waals surface area contributed by atoms with Crippen molar-refractivity contribution in [3.8, 4) is 39.9 Å². The van der Waals surface area contributed by atoms with Gasteiger partial charge in [0.2, 0.25) is 0 Å². The second-order valence-corrected chi connectivity index (χ2v) is 9.70. The van der Waals surface area contributed by atoms with E-state index < -0.39 is 11.6 Å². The van der Waals surface area contributed by atoms with Gasteiger partial charge in [0.05, 0.1) is 48.2 Å². The van der Waals surface area contributed by atoms with Crippen molar-refractivity contribution in [3.05, 3.63) is 75.8 Å². The van der Waals surface area contributed by atoms with Gasteiger partial charge in [-0.05, 0) is 47.9 Å². The van der Waals surface area contributed by atoms with Crippen molar-refractivity contribution in [1.82, 2.24) is 4.57 Å². The number of hydrogen-bond donors (Lipinski definition) is 0. The van der Waals surface area contributed by atoms with E-state index in [1.165, 1.54) is 28.4 Å². The molecule has 0 unspecified atom stereocenters. The Morgan fingerprint density at radius 3 is 2.07 bits per heavy atom. The molecule has 0 saturated heterocycles. The molecule has 0 bridgehead atoms. The molecule has 44 heavy (non-hydrogen) atoms. The SMILES string of the molecule is COC(=O)c1c(-c2ccc(OC)c(C=O)c2)c2c3cc(OC)c(OC)cc3oc(=O)c2n1CCc1ccc(OC)c(OC)c1. The summed E-state index contributed by atoms with van der Waals surface area (Å²) in [6, 6.07) is 13.7. The smallest absolute Gasteiger partial charge is 0.361 e. The summed E-state index contributed by atoms with van der Waals surface area (Å²) in [5.74, 6) is 1.54. The summed E-state index contributed by atoms with van der Waals surface area (Å²) >= 11 is 0. The second-order valence-electron chi connectivity index (χ2n) is 9.70. The van der Waals surface area contributed by atoms with Gasteiger partial charge in [-0.25, -0.2) is 9.59 Å². The van der Waals surface area contributed by atoms with Crippen molar-refractivity contribution in [2.45, 2.75) is 13.0 Å². The summed E-state index contributed by atoms with van der Waals surface area (Å²) in [5.41, 5.74) is 1.81. The first-order valence-electron chi connectivity index (χ1n) is 13.5. The molecule has 3 aromatic carbocycles. The van der Waals surface area contributed by atoms with Gasteiger partial charge >= 0.3 is 11.6 Å². The molecule has 0 N–H and O–H groups in total. The Kier molecular flexibility index (Phi) is 8.48. The van der Waals surface area contributed by atoms with E-state index in [0.717, 1.165) is 5.56 Å². The fourth-order valence-electron chi connectivity index (χ4n) is 5.45. The van der Waals surface area contributed by atoms with Crippen LogP contribution in [0.4, 0.5) is 0 Å². The maximum Gasteiger partial charge on any atom is 0.361 e. The first-order valence-corrected chi connectivity index (χ1v) is 13.5. The highest BCUT2D eigenvalue weighted by Gasteiger charge is 2.30. The zero-order chi connectivity index (χ0) is 31.5. The van der Waals surface area contributed by atoms with Crippen molar-refractivity contribution in [2.75, 3.05) is 42.7 Å². The number of methoxy groups -OCH3 is 6. The number of fused-ring (bicyclic) bond motifs is 3. The molecule has 5 aromatic rings. The summed E-state index contributed by atoms with van der Waals surface area (Å²) in [6.45, 7) is 0.191. The Morgan fingerprint density at radius 1 is 0.795 bits per heavy atom. The van der Waals surface area contributed by atoms with Gasteiger partial charge in [0.25, 0.3) is 0 Å². The minimum Gasteiger partial charge on any atom is -0.496 e. The number of aryl methyl sites for hydroxylation is 2. The van der Waals surface area contributed by atoms with Gasteiger partial charge in [0.15, 0.2) is 29.3 Å². The van der Waals surface area contributed by atoms with E-state index in [0.29, 0.717) is 63.4 Å². The number of nitrogens with zero attached hydrogens (tertiary/aromatic N) is 1. The molecule has 0 atom stereocenters. The maximum atomic E-state index is 13.8. The molecular formula is C33H31NO10. The van der Waals surface area contributed by atoms with Crippen molar-refractivity contribution in [3.63, 3.8) is 0 Å². The summed E-state index contributed by atoms with van der Waals surface area (Å²) in [7, 11) is 8.79. The van der Waals surface area contributed by atoms with Crippen molar-refractivity contribution in [1.29, 1.82) is 0 Å². The summed E-state index contributed by atoms with van der Waals surface area (Å²) in [5, 5.41) is 0.915. The van der Waals surface area contributed by atoms with Crippen LogP contribution in [-0.4, -0.2) is 59.5 Å². The van der Waals surface area contributed by atoms with E-state index in [9.17, 15) is 14.4 Å². The fourth-order valence-corrected chi connectivity index (χ4v) is 5.45. The molecule has 5 rings (SSSR count). The molecule has 2 heterocycles. The van der Waals surface area contributed by atoms with Crippen LogP contribution in [0, 0.1) is 0 Å². The zero-order valence-electron chi connectivity index (χ0n) is 25.1. The third-order valence-electron chi connectivity index (χ3n) is 7.51. The number of carbonyl (C=O) groups is 2. The predicted molar refractivity (Wildman–Crippen MR) is 163 cm³/mol. The lowest BCUT2D eigenvalue weighted by molar-refractivity contribution is 0.0590. The minimum absolute atomic E-state index is 0.111. The number of benzene rings is 3. The standard InChI is InChI=1S/C33H31NO10/c1-38-22-10-8-19(14-20(22)17-35)28-29-21-15-26(41-4)27(42-5)16-24(21)44-33(37)31(29)34(30(28)32(36)43-6)12-11-18-7-9-23(39-2)25(13-18)40-3/h7-10,13-17H,11-12H2,1-6H3. The van der Waals surface area contributed by atoms with E-state index in [-0.39, 0.29) is 28.9 Å². The highest BCUT2D eigenvalue weighted by atomic mass is 16.5. The maximum absolute atomic E-state index is 13.8. The summed E-state index contributed by atoms with van der Waals surface area (Å²) in [4.78, 5) is 39.4. The molecule has 0 saturated carbocycles. The molecule has 11 nitrogen and oxygen atoms in total. The Balaban J connectivity index is 1.87. The van der Waals surface area contributed by atoms with Gasteiger partial charge in [-0.3, -0.25) is 4.79 Å². The van der Waals surface area contributed by atoms with Crippen LogP contribution >= 0.6 is 0 Å². The number of aldehydes is 1. The zero-order valence-corrected chi connectivity index (χ0v) is 25.1. The van der Waals surface area contributed by atoms with Crippen LogP contribution in [0.25, 0.3) is 33.0 Å². The molecule has 0 amide bonds. The van der Waals surface area contributed by atoms with Gasteiger partial charge in [0, 0.05) is 28.9 Å². The molecular weight excluding hydrogens is 570 g/mol. The van der Waals surface area contributed by atoms with Crippen molar-refractivity contribution >= 4 is 34.1 Å². The number of aromatic nitrogens is 1. The van der Waals surface area contributed by atoms with E-state index >= 15 is 0 Å². The van der Waals surface area contributed by atoms with Crippen LogP contribution in [0.15, 0.2) is 57.7 Å². The Labute approximate surface area is 252 Å². The highest BCUT2D eigenvalue weighted by Crippen LogP contribution is 2.42. The van der Waals surface area contributed by atoms with E-state index in [4.69, 9.17) is 32.8 Å². The average Bonchev–Trinajstić information content (AvgIpc) is 3.41. The topological polar surface area (TPSA) is 125 Å². The Bertz CT molecular complexity index is 1950. The fraction of sp³-hybridized carbons (Fsp3) is 0.242. The number of esters is 1. The molecule has 0 aliphatic rings. The molecule has 0 radical (unpaired) electrons. The Morgan fingerprint density at radius 2 is 1.43 bits per heavy atom. The van der Waals surface area contributed by atoms with E-state index in [1.807, 2.05) is 12.1 Å². The molecule has 228 valence electrons. The van der Waals surface area contributed by atoms with Gasteiger partial charge in [-0.15, -0.1) is 0 Å². The highest BCUT2D eigenvalue weighted by molar-refractivity contribution is 6.18. The van der Waals surface area contributed by atoms with E-state index in [2.05, 4.69) is 0 Å². The number of hydrogen-bond acceptors (Lipinski definition) is 10. The quantitative estimate of drug-likeness (QED) is 0.112. The number of carbonyl (C=O) groups excluding carboxylic acids is 2. The molecule has 2 aromatic heterocycles. The summed E-state index contributed by atoms with van der Waals surface area (Å²) < 4.78 is 39.8. The van der Waals surface area contributed by atoms with Crippen LogP contribution < -0.4 is 29.3 Å². The first-order chi connectivity index (χ1) is 21.3. The molecule has 0 fully saturated rings. The molecule has 0 aliphatic carbocycles. The van der Waals surface area contributed by atoms with E-state index in [1.54, 1.807) is 55.2 Å². The van der Waals surface area contributed by atoms with Crippen molar-refractivity contribution < 1.29 is 42.4 Å². The minimum atomic E-state index is -0.681. The number of ether oxygens (including phenoxy) is 6. The van der Waals surface area contributed by atoms with Gasteiger partial charge < -0.3 is 37.4 Å².